The molecule has 22 heavy (non-hydrogen) atoms. The zero-order chi connectivity index (χ0) is 15.5. The molecule has 1 atom stereocenters. The molecular formula is C18H30N2O2. The summed E-state index contributed by atoms with van der Waals surface area (Å²) in [6.45, 7) is 1.55. The lowest BCUT2D eigenvalue weighted by Crippen LogP contribution is -2.40. The van der Waals surface area contributed by atoms with E-state index in [1.54, 1.807) is 0 Å². The quantitative estimate of drug-likeness (QED) is 0.749. The van der Waals surface area contributed by atoms with Gasteiger partial charge < -0.3 is 9.80 Å². The third kappa shape index (κ3) is 3.47. The molecule has 2 amide bonds. The Morgan fingerprint density at radius 1 is 1.09 bits per heavy atom. The van der Waals surface area contributed by atoms with Crippen LogP contribution < -0.4 is 0 Å². The van der Waals surface area contributed by atoms with E-state index in [1.165, 1.54) is 44.9 Å². The summed E-state index contributed by atoms with van der Waals surface area (Å²) < 4.78 is 0. The van der Waals surface area contributed by atoms with Crippen LogP contribution >= 0.6 is 0 Å². The maximum absolute atomic E-state index is 12.6. The van der Waals surface area contributed by atoms with E-state index in [0.717, 1.165) is 19.4 Å². The van der Waals surface area contributed by atoms with E-state index in [2.05, 4.69) is 0 Å². The molecule has 0 radical (unpaired) electrons. The third-order valence-electron chi connectivity index (χ3n) is 5.91. The van der Waals surface area contributed by atoms with Crippen LogP contribution in [0.15, 0.2) is 0 Å². The average molecular weight is 306 g/mol. The van der Waals surface area contributed by atoms with E-state index in [1.807, 2.05) is 16.8 Å². The average Bonchev–Trinajstić information content (AvgIpc) is 2.69. The van der Waals surface area contributed by atoms with Crippen molar-refractivity contribution >= 4 is 11.8 Å². The smallest absolute Gasteiger partial charge is 0.227 e. The van der Waals surface area contributed by atoms with Gasteiger partial charge in [0.15, 0.2) is 0 Å². The lowest BCUT2D eigenvalue weighted by atomic mass is 9.85. The molecule has 0 aromatic heterocycles. The summed E-state index contributed by atoms with van der Waals surface area (Å²) in [6, 6.07) is 0.393. The van der Waals surface area contributed by atoms with Gasteiger partial charge >= 0.3 is 0 Å². The van der Waals surface area contributed by atoms with Gasteiger partial charge in [-0.25, -0.2) is 0 Å². The van der Waals surface area contributed by atoms with Crippen LogP contribution in [0, 0.1) is 11.8 Å². The zero-order valence-corrected chi connectivity index (χ0v) is 13.9. The monoisotopic (exact) mass is 306 g/mol. The summed E-state index contributed by atoms with van der Waals surface area (Å²) in [6.07, 6.45) is 11.6. The predicted molar refractivity (Wildman–Crippen MR) is 86.3 cm³/mol. The van der Waals surface area contributed by atoms with Crippen molar-refractivity contribution in [2.75, 3.05) is 20.1 Å². The van der Waals surface area contributed by atoms with Gasteiger partial charge in [-0.05, 0) is 31.6 Å². The minimum absolute atomic E-state index is 0.0965. The molecule has 1 unspecified atom stereocenters. The number of rotatable bonds is 4. The minimum atomic E-state index is -0.0965. The molecule has 1 saturated heterocycles. The number of likely N-dealkylation sites (tertiary alicyclic amines) is 1. The molecule has 124 valence electrons. The lowest BCUT2D eigenvalue weighted by Gasteiger charge is -2.31. The number of nitrogens with zero attached hydrogens (tertiary/aromatic N) is 2. The summed E-state index contributed by atoms with van der Waals surface area (Å²) in [5.74, 6) is 1.00. The van der Waals surface area contributed by atoms with Crippen LogP contribution in [0.2, 0.25) is 0 Å². The van der Waals surface area contributed by atoms with Gasteiger partial charge in [0.1, 0.15) is 0 Å². The zero-order valence-electron chi connectivity index (χ0n) is 13.9. The molecule has 1 aliphatic heterocycles. The Balaban J connectivity index is 1.54. The molecule has 0 bridgehead atoms. The largest absolute Gasteiger partial charge is 0.345 e. The molecule has 0 N–H and O–H groups in total. The molecule has 3 aliphatic rings. The highest BCUT2D eigenvalue weighted by Gasteiger charge is 2.39. The van der Waals surface area contributed by atoms with Gasteiger partial charge in [-0.2, -0.15) is 0 Å². The van der Waals surface area contributed by atoms with Gasteiger partial charge in [0.2, 0.25) is 11.8 Å². The fourth-order valence-electron chi connectivity index (χ4n) is 4.28. The van der Waals surface area contributed by atoms with Crippen molar-refractivity contribution < 1.29 is 9.59 Å². The van der Waals surface area contributed by atoms with Gasteiger partial charge in [-0.3, -0.25) is 9.59 Å². The Labute approximate surface area is 134 Å². The first kappa shape index (κ1) is 15.8. The normalized spacial score (nSPS) is 27.6. The maximum atomic E-state index is 12.6. The van der Waals surface area contributed by atoms with Crippen LogP contribution in [-0.2, 0) is 9.59 Å². The first-order valence-electron chi connectivity index (χ1n) is 9.19. The Bertz CT molecular complexity index is 411. The molecule has 4 heteroatoms. The van der Waals surface area contributed by atoms with Crippen molar-refractivity contribution in [2.24, 2.45) is 11.8 Å². The summed E-state index contributed by atoms with van der Waals surface area (Å²) in [4.78, 5) is 28.9. The lowest BCUT2D eigenvalue weighted by molar-refractivity contribution is -0.135. The molecule has 2 aliphatic carbocycles. The van der Waals surface area contributed by atoms with Crippen molar-refractivity contribution in [3.63, 3.8) is 0 Å². The van der Waals surface area contributed by atoms with Crippen LogP contribution in [0.1, 0.15) is 64.2 Å². The van der Waals surface area contributed by atoms with Crippen molar-refractivity contribution in [1.29, 1.82) is 0 Å². The van der Waals surface area contributed by atoms with Gasteiger partial charge in [-0.15, -0.1) is 0 Å². The number of hydrogen-bond acceptors (Lipinski definition) is 2. The topological polar surface area (TPSA) is 40.6 Å². The molecule has 0 spiro atoms. The Morgan fingerprint density at radius 2 is 1.77 bits per heavy atom. The first-order chi connectivity index (χ1) is 10.6. The third-order valence-corrected chi connectivity index (χ3v) is 5.91. The molecule has 0 aromatic rings. The van der Waals surface area contributed by atoms with Crippen LogP contribution in [-0.4, -0.2) is 47.8 Å². The Morgan fingerprint density at radius 3 is 2.36 bits per heavy atom. The van der Waals surface area contributed by atoms with E-state index in [4.69, 9.17) is 0 Å². The fraction of sp³-hybridized carbons (Fsp3) is 0.889. The van der Waals surface area contributed by atoms with Crippen molar-refractivity contribution in [2.45, 2.75) is 70.3 Å². The molecule has 3 fully saturated rings. The molecule has 2 saturated carbocycles. The standard InChI is InChI=1S/C18H30N2O2/c1-19(12-14-7-6-8-14)18(22)15-11-17(21)20(13-15)16-9-4-2-3-5-10-16/h14-16H,2-13H2,1H3. The first-order valence-corrected chi connectivity index (χ1v) is 9.19. The molecule has 1 heterocycles. The molecule has 0 aromatic carbocycles. The molecule has 4 nitrogen and oxygen atoms in total. The maximum Gasteiger partial charge on any atom is 0.227 e. The fourth-order valence-corrected chi connectivity index (χ4v) is 4.28. The predicted octanol–water partition coefficient (Wildman–Crippen LogP) is 2.82. The van der Waals surface area contributed by atoms with Gasteiger partial charge in [0.25, 0.3) is 0 Å². The molecule has 3 rings (SSSR count). The van der Waals surface area contributed by atoms with Crippen molar-refractivity contribution in [3.05, 3.63) is 0 Å². The van der Waals surface area contributed by atoms with Crippen molar-refractivity contribution in [1.82, 2.24) is 9.80 Å². The van der Waals surface area contributed by atoms with Gasteiger partial charge in [-0.1, -0.05) is 32.1 Å². The van der Waals surface area contributed by atoms with Gasteiger partial charge in [0.05, 0.1) is 5.92 Å². The summed E-state index contributed by atoms with van der Waals surface area (Å²) in [5, 5.41) is 0. The SMILES string of the molecule is CN(CC1CCC1)C(=O)C1CC(=O)N(C2CCCCCC2)C1. The second-order valence-corrected chi connectivity index (χ2v) is 7.61. The van der Waals surface area contributed by atoms with Gasteiger partial charge in [0, 0.05) is 32.6 Å². The van der Waals surface area contributed by atoms with Crippen LogP contribution in [0.25, 0.3) is 0 Å². The van der Waals surface area contributed by atoms with E-state index in [-0.39, 0.29) is 17.7 Å². The minimum Gasteiger partial charge on any atom is -0.345 e. The van der Waals surface area contributed by atoms with E-state index in [0.29, 0.717) is 24.9 Å². The second-order valence-electron chi connectivity index (χ2n) is 7.61. The Kier molecular flexibility index (Phi) is 5.04. The molecular weight excluding hydrogens is 276 g/mol. The van der Waals surface area contributed by atoms with Crippen LogP contribution in [0.4, 0.5) is 0 Å². The summed E-state index contributed by atoms with van der Waals surface area (Å²) in [5.41, 5.74) is 0. The highest BCUT2D eigenvalue weighted by atomic mass is 16.2. The van der Waals surface area contributed by atoms with Crippen LogP contribution in [0.5, 0.6) is 0 Å². The number of amides is 2. The number of hydrogen-bond donors (Lipinski definition) is 0. The summed E-state index contributed by atoms with van der Waals surface area (Å²) in [7, 11) is 1.92. The number of carbonyl (C=O) groups excluding carboxylic acids is 2. The van der Waals surface area contributed by atoms with E-state index in [9.17, 15) is 9.59 Å². The number of carbonyl (C=O) groups is 2. The summed E-state index contributed by atoms with van der Waals surface area (Å²) >= 11 is 0. The van der Waals surface area contributed by atoms with Crippen molar-refractivity contribution in [3.8, 4) is 0 Å². The van der Waals surface area contributed by atoms with E-state index >= 15 is 0 Å². The highest BCUT2D eigenvalue weighted by Crippen LogP contribution is 2.30. The highest BCUT2D eigenvalue weighted by molar-refractivity contribution is 5.89. The Hall–Kier alpha value is -1.06. The van der Waals surface area contributed by atoms with E-state index < -0.39 is 0 Å². The second kappa shape index (κ2) is 7.01. The van der Waals surface area contributed by atoms with Crippen LogP contribution in [0.3, 0.4) is 0 Å².